The molecular weight excluding hydrogens is 332 g/mol. The van der Waals surface area contributed by atoms with Gasteiger partial charge in [-0.2, -0.15) is 0 Å². The topological polar surface area (TPSA) is 46.5 Å². The molecule has 0 unspecified atom stereocenters. The number of ether oxygens (including phenoxy) is 1. The number of carboxylic acids is 1. The Morgan fingerprint density at radius 2 is 1.86 bits per heavy atom. The van der Waals surface area contributed by atoms with Crippen molar-refractivity contribution in [2.75, 3.05) is 0 Å². The molecule has 0 amide bonds. The standard InChI is InChI=1S/C17H17BrO3/c1-10(2)12-5-4-11(3)16(9-12)21-15-7-6-13(17(19)20)8-14(15)18/h4-10H,1-3H3,(H,19,20). The van der Waals surface area contributed by atoms with Gasteiger partial charge < -0.3 is 9.84 Å². The van der Waals surface area contributed by atoms with Gasteiger partial charge in [0.05, 0.1) is 10.0 Å². The van der Waals surface area contributed by atoms with Crippen molar-refractivity contribution in [3.05, 3.63) is 57.6 Å². The van der Waals surface area contributed by atoms with Crippen LogP contribution in [-0.2, 0) is 0 Å². The predicted octanol–water partition coefficient (Wildman–Crippen LogP) is 5.37. The number of hydrogen-bond acceptors (Lipinski definition) is 2. The summed E-state index contributed by atoms with van der Waals surface area (Å²) in [6.45, 7) is 6.25. The van der Waals surface area contributed by atoms with E-state index < -0.39 is 5.97 Å². The van der Waals surface area contributed by atoms with E-state index in [4.69, 9.17) is 9.84 Å². The molecule has 21 heavy (non-hydrogen) atoms. The molecule has 0 saturated heterocycles. The number of carboxylic acid groups (broad SMARTS) is 1. The quantitative estimate of drug-likeness (QED) is 0.807. The molecular formula is C17H17BrO3. The first-order valence-corrected chi connectivity index (χ1v) is 7.49. The van der Waals surface area contributed by atoms with Gasteiger partial charge in [0.25, 0.3) is 0 Å². The van der Waals surface area contributed by atoms with Crippen molar-refractivity contribution < 1.29 is 14.6 Å². The molecule has 0 radical (unpaired) electrons. The van der Waals surface area contributed by atoms with Gasteiger partial charge in [-0.25, -0.2) is 4.79 Å². The SMILES string of the molecule is Cc1ccc(C(C)C)cc1Oc1ccc(C(=O)O)cc1Br. The zero-order valence-electron chi connectivity index (χ0n) is 12.2. The van der Waals surface area contributed by atoms with E-state index in [1.165, 1.54) is 11.6 Å². The zero-order chi connectivity index (χ0) is 15.6. The second-order valence-corrected chi connectivity index (χ2v) is 6.09. The highest BCUT2D eigenvalue weighted by molar-refractivity contribution is 9.10. The monoisotopic (exact) mass is 348 g/mol. The second-order valence-electron chi connectivity index (χ2n) is 5.23. The summed E-state index contributed by atoms with van der Waals surface area (Å²) < 4.78 is 6.55. The smallest absolute Gasteiger partial charge is 0.335 e. The number of benzene rings is 2. The number of aryl methyl sites for hydroxylation is 1. The van der Waals surface area contributed by atoms with Crippen LogP contribution in [-0.4, -0.2) is 11.1 Å². The molecule has 0 bridgehead atoms. The van der Waals surface area contributed by atoms with Gasteiger partial charge in [0.15, 0.2) is 0 Å². The van der Waals surface area contributed by atoms with Crippen molar-refractivity contribution in [1.82, 2.24) is 0 Å². The second kappa shape index (κ2) is 6.31. The average Bonchev–Trinajstić information content (AvgIpc) is 2.42. The molecule has 2 rings (SSSR count). The summed E-state index contributed by atoms with van der Waals surface area (Å²) in [7, 11) is 0. The third-order valence-electron chi connectivity index (χ3n) is 3.28. The fourth-order valence-electron chi connectivity index (χ4n) is 1.92. The summed E-state index contributed by atoms with van der Waals surface area (Å²) in [6, 6.07) is 10.9. The molecule has 0 heterocycles. The van der Waals surface area contributed by atoms with E-state index in [0.29, 0.717) is 16.1 Å². The molecule has 110 valence electrons. The van der Waals surface area contributed by atoms with Gasteiger partial charge in [-0.3, -0.25) is 0 Å². The molecule has 0 spiro atoms. The van der Waals surface area contributed by atoms with Crippen molar-refractivity contribution in [1.29, 1.82) is 0 Å². The Morgan fingerprint density at radius 1 is 1.14 bits per heavy atom. The van der Waals surface area contributed by atoms with Crippen molar-refractivity contribution in [3.63, 3.8) is 0 Å². The van der Waals surface area contributed by atoms with Gasteiger partial charge >= 0.3 is 5.97 Å². The number of carbonyl (C=O) groups is 1. The minimum Gasteiger partial charge on any atom is -0.478 e. The average molecular weight is 349 g/mol. The molecule has 0 atom stereocenters. The highest BCUT2D eigenvalue weighted by Crippen LogP contribution is 2.33. The van der Waals surface area contributed by atoms with Crippen molar-refractivity contribution in [2.45, 2.75) is 26.7 Å². The minimum atomic E-state index is -0.958. The van der Waals surface area contributed by atoms with Crippen LogP contribution in [0.1, 0.15) is 41.3 Å². The number of rotatable bonds is 4. The summed E-state index contributed by atoms with van der Waals surface area (Å²) in [5.41, 5.74) is 2.46. The third kappa shape index (κ3) is 3.64. The predicted molar refractivity (Wildman–Crippen MR) is 86.4 cm³/mol. The summed E-state index contributed by atoms with van der Waals surface area (Å²) >= 11 is 3.36. The van der Waals surface area contributed by atoms with Crippen molar-refractivity contribution >= 4 is 21.9 Å². The lowest BCUT2D eigenvalue weighted by Gasteiger charge is -2.13. The molecule has 0 aliphatic rings. The fraction of sp³-hybridized carbons (Fsp3) is 0.235. The first-order valence-electron chi connectivity index (χ1n) is 6.69. The highest BCUT2D eigenvalue weighted by Gasteiger charge is 2.10. The van der Waals surface area contributed by atoms with Crippen LogP contribution in [0.5, 0.6) is 11.5 Å². The maximum absolute atomic E-state index is 10.9. The summed E-state index contributed by atoms with van der Waals surface area (Å²) in [5.74, 6) is 0.847. The lowest BCUT2D eigenvalue weighted by atomic mass is 10.0. The molecule has 2 aromatic rings. The minimum absolute atomic E-state index is 0.224. The van der Waals surface area contributed by atoms with Crippen LogP contribution >= 0.6 is 15.9 Å². The first kappa shape index (κ1) is 15.6. The molecule has 0 aliphatic carbocycles. The molecule has 3 nitrogen and oxygen atoms in total. The van der Waals surface area contributed by atoms with Gasteiger partial charge in [0, 0.05) is 0 Å². The first-order chi connectivity index (χ1) is 9.88. The highest BCUT2D eigenvalue weighted by atomic mass is 79.9. The Bertz CT molecular complexity index is 678. The Kier molecular flexibility index (Phi) is 4.68. The van der Waals surface area contributed by atoms with E-state index in [0.717, 1.165) is 11.3 Å². The number of halogens is 1. The van der Waals surface area contributed by atoms with E-state index in [-0.39, 0.29) is 5.56 Å². The van der Waals surface area contributed by atoms with E-state index in [9.17, 15) is 4.79 Å². The molecule has 4 heteroatoms. The van der Waals surface area contributed by atoms with Crippen LogP contribution in [0.15, 0.2) is 40.9 Å². The molecule has 0 fully saturated rings. The number of hydrogen-bond donors (Lipinski definition) is 1. The van der Waals surface area contributed by atoms with Crippen LogP contribution in [0, 0.1) is 6.92 Å². The summed E-state index contributed by atoms with van der Waals surface area (Å²) in [5, 5.41) is 8.97. The van der Waals surface area contributed by atoms with Crippen LogP contribution in [0.2, 0.25) is 0 Å². The van der Waals surface area contributed by atoms with E-state index >= 15 is 0 Å². The molecule has 0 aromatic heterocycles. The lowest BCUT2D eigenvalue weighted by Crippen LogP contribution is -1.97. The van der Waals surface area contributed by atoms with Crippen LogP contribution < -0.4 is 4.74 Å². The van der Waals surface area contributed by atoms with Gasteiger partial charge in [-0.1, -0.05) is 26.0 Å². The summed E-state index contributed by atoms with van der Waals surface area (Å²) in [4.78, 5) is 10.9. The normalized spacial score (nSPS) is 10.7. The molecule has 0 saturated carbocycles. The fourth-order valence-corrected chi connectivity index (χ4v) is 2.38. The Labute approximate surface area is 132 Å². The maximum atomic E-state index is 10.9. The van der Waals surface area contributed by atoms with Crippen LogP contribution in [0.25, 0.3) is 0 Å². The maximum Gasteiger partial charge on any atom is 0.335 e. The largest absolute Gasteiger partial charge is 0.478 e. The Balaban J connectivity index is 2.34. The van der Waals surface area contributed by atoms with Gasteiger partial charge in [-0.05, 0) is 64.2 Å². The van der Waals surface area contributed by atoms with Gasteiger partial charge in [0.2, 0.25) is 0 Å². The summed E-state index contributed by atoms with van der Waals surface area (Å²) in [6.07, 6.45) is 0. The number of aromatic carboxylic acids is 1. The molecule has 1 N–H and O–H groups in total. The van der Waals surface area contributed by atoms with Crippen molar-refractivity contribution in [3.8, 4) is 11.5 Å². The lowest BCUT2D eigenvalue weighted by molar-refractivity contribution is 0.0697. The van der Waals surface area contributed by atoms with E-state index in [1.54, 1.807) is 12.1 Å². The molecule has 2 aromatic carbocycles. The zero-order valence-corrected chi connectivity index (χ0v) is 13.8. The van der Waals surface area contributed by atoms with E-state index in [1.807, 2.05) is 19.1 Å². The third-order valence-corrected chi connectivity index (χ3v) is 3.90. The Morgan fingerprint density at radius 3 is 2.43 bits per heavy atom. The van der Waals surface area contributed by atoms with Crippen molar-refractivity contribution in [2.24, 2.45) is 0 Å². The Hall–Kier alpha value is -1.81. The van der Waals surface area contributed by atoms with Crippen LogP contribution in [0.4, 0.5) is 0 Å². The van der Waals surface area contributed by atoms with Gasteiger partial charge in [-0.15, -0.1) is 0 Å². The molecule has 0 aliphatic heterocycles. The van der Waals surface area contributed by atoms with Gasteiger partial charge in [0.1, 0.15) is 11.5 Å². The van der Waals surface area contributed by atoms with Crippen LogP contribution in [0.3, 0.4) is 0 Å². The van der Waals surface area contributed by atoms with E-state index in [2.05, 4.69) is 35.8 Å².